The van der Waals surface area contributed by atoms with Gasteiger partial charge in [0.25, 0.3) is 0 Å². The summed E-state index contributed by atoms with van der Waals surface area (Å²) >= 11 is 0. The molecule has 0 rings (SSSR count). The molecular formula is C8H16N2O5. The van der Waals surface area contributed by atoms with Gasteiger partial charge in [0.15, 0.2) is 0 Å². The van der Waals surface area contributed by atoms with E-state index in [1.54, 1.807) is 0 Å². The molecule has 0 aromatic carbocycles. The van der Waals surface area contributed by atoms with Crippen molar-refractivity contribution in [2.24, 2.45) is 5.73 Å². The van der Waals surface area contributed by atoms with Gasteiger partial charge in [-0.15, -0.1) is 5.06 Å². The molecule has 7 heteroatoms. The fourth-order valence-corrected chi connectivity index (χ4v) is 0.855. The number of carbonyl (C=O) groups excluding carboxylic acids is 1. The van der Waals surface area contributed by atoms with Crippen molar-refractivity contribution in [3.05, 3.63) is 0 Å². The summed E-state index contributed by atoms with van der Waals surface area (Å²) in [6, 6.07) is 0. The first-order valence-corrected chi connectivity index (χ1v) is 4.58. The third-order valence-corrected chi connectivity index (χ3v) is 1.48. The lowest BCUT2D eigenvalue weighted by atomic mass is 10.3. The van der Waals surface area contributed by atoms with E-state index in [2.05, 4.69) is 0 Å². The molecule has 0 saturated heterocycles. The molecule has 0 bridgehead atoms. The van der Waals surface area contributed by atoms with Crippen molar-refractivity contribution in [2.75, 3.05) is 26.2 Å². The zero-order valence-electron chi connectivity index (χ0n) is 8.39. The van der Waals surface area contributed by atoms with Gasteiger partial charge in [-0.05, 0) is 13.0 Å². The van der Waals surface area contributed by atoms with Crippen LogP contribution in [0.4, 0.5) is 0 Å². The minimum atomic E-state index is -1.13. The Morgan fingerprint density at radius 2 is 2.07 bits per heavy atom. The van der Waals surface area contributed by atoms with Crippen LogP contribution in [-0.2, 0) is 14.4 Å². The Morgan fingerprint density at radius 1 is 1.40 bits per heavy atom. The molecule has 0 aromatic rings. The third kappa shape index (κ3) is 7.86. The Labute approximate surface area is 87.4 Å². The summed E-state index contributed by atoms with van der Waals surface area (Å²) in [5.41, 5.74) is 5.19. The van der Waals surface area contributed by atoms with Crippen LogP contribution in [0.25, 0.3) is 0 Å². The van der Waals surface area contributed by atoms with Crippen molar-refractivity contribution in [3.8, 4) is 0 Å². The van der Waals surface area contributed by atoms with E-state index in [0.717, 1.165) is 5.06 Å². The molecule has 0 heterocycles. The van der Waals surface area contributed by atoms with Crippen molar-refractivity contribution >= 4 is 11.9 Å². The van der Waals surface area contributed by atoms with Gasteiger partial charge in [-0.3, -0.25) is 9.59 Å². The lowest BCUT2D eigenvalue weighted by Crippen LogP contribution is -2.34. The zero-order valence-corrected chi connectivity index (χ0v) is 8.39. The van der Waals surface area contributed by atoms with Gasteiger partial charge in [-0.1, -0.05) is 0 Å². The summed E-state index contributed by atoms with van der Waals surface area (Å²) in [5, 5.41) is 18.0. The predicted molar refractivity (Wildman–Crippen MR) is 50.7 cm³/mol. The normalized spacial score (nSPS) is 10.3. The van der Waals surface area contributed by atoms with Crippen LogP contribution >= 0.6 is 0 Å². The highest BCUT2D eigenvalue weighted by Crippen LogP contribution is 1.96. The molecule has 0 spiro atoms. The maximum absolute atomic E-state index is 11.1. The molecule has 0 aliphatic carbocycles. The number of rotatable bonds is 8. The molecule has 88 valence electrons. The maximum atomic E-state index is 11.1. The topological polar surface area (TPSA) is 113 Å². The minimum Gasteiger partial charge on any atom is -0.480 e. The first-order chi connectivity index (χ1) is 7.10. The smallest absolute Gasteiger partial charge is 0.325 e. The van der Waals surface area contributed by atoms with E-state index in [4.69, 9.17) is 20.8 Å². The number of carboxylic acids is 1. The molecule has 0 radical (unpaired) electrons. The molecule has 0 amide bonds. The lowest BCUT2D eigenvalue weighted by molar-refractivity contribution is -0.195. The Bertz CT molecular complexity index is 209. The number of aliphatic carboxylic acids is 1. The van der Waals surface area contributed by atoms with E-state index in [1.807, 2.05) is 0 Å². The van der Waals surface area contributed by atoms with Crippen molar-refractivity contribution in [3.63, 3.8) is 0 Å². The molecule has 0 fully saturated rings. The van der Waals surface area contributed by atoms with Crippen LogP contribution in [0.2, 0.25) is 0 Å². The van der Waals surface area contributed by atoms with E-state index in [9.17, 15) is 9.59 Å². The number of hydroxylamine groups is 2. The second kappa shape index (κ2) is 8.16. The summed E-state index contributed by atoms with van der Waals surface area (Å²) in [4.78, 5) is 26.1. The number of aliphatic hydroxyl groups excluding tert-OH is 1. The van der Waals surface area contributed by atoms with Crippen LogP contribution in [0.15, 0.2) is 0 Å². The Hall–Kier alpha value is -1.18. The highest BCUT2D eigenvalue weighted by molar-refractivity contribution is 5.71. The third-order valence-electron chi connectivity index (χ3n) is 1.48. The highest BCUT2D eigenvalue weighted by atomic mass is 16.7. The molecule has 0 aliphatic heterocycles. The van der Waals surface area contributed by atoms with E-state index in [0.29, 0.717) is 13.0 Å². The van der Waals surface area contributed by atoms with Gasteiger partial charge in [-0.25, -0.2) is 0 Å². The second-order valence-electron chi connectivity index (χ2n) is 2.84. The van der Waals surface area contributed by atoms with Crippen molar-refractivity contribution in [2.45, 2.75) is 12.8 Å². The van der Waals surface area contributed by atoms with Crippen molar-refractivity contribution < 1.29 is 24.6 Å². The van der Waals surface area contributed by atoms with Gasteiger partial charge in [0.05, 0.1) is 13.2 Å². The summed E-state index contributed by atoms with van der Waals surface area (Å²) < 4.78 is 0. The summed E-state index contributed by atoms with van der Waals surface area (Å²) in [7, 11) is 0. The zero-order chi connectivity index (χ0) is 11.7. The van der Waals surface area contributed by atoms with E-state index in [-0.39, 0.29) is 19.6 Å². The molecule has 0 aliphatic rings. The van der Waals surface area contributed by atoms with E-state index < -0.39 is 18.5 Å². The number of hydrogen-bond acceptors (Lipinski definition) is 6. The molecule has 4 N–H and O–H groups in total. The van der Waals surface area contributed by atoms with Crippen molar-refractivity contribution in [1.82, 2.24) is 5.06 Å². The number of hydrogen-bond donors (Lipinski definition) is 3. The summed E-state index contributed by atoms with van der Waals surface area (Å²) in [6.07, 6.45) is 0.622. The van der Waals surface area contributed by atoms with Gasteiger partial charge < -0.3 is 20.8 Å². The standard InChI is InChI=1S/C8H16N2O5/c9-3-1-2-8(14)15-10(4-5-11)6-7(12)13/h11H,1-6,9H2,(H,12,13). The lowest BCUT2D eigenvalue weighted by Gasteiger charge is -2.17. The molecule has 0 aromatic heterocycles. The average Bonchev–Trinajstić information content (AvgIpc) is 2.14. The number of aliphatic hydroxyl groups is 1. The SMILES string of the molecule is NCCCC(=O)ON(CCO)CC(=O)O. The monoisotopic (exact) mass is 220 g/mol. The fourth-order valence-electron chi connectivity index (χ4n) is 0.855. The van der Waals surface area contributed by atoms with Crippen LogP contribution in [0.3, 0.4) is 0 Å². The largest absolute Gasteiger partial charge is 0.480 e. The fraction of sp³-hybridized carbons (Fsp3) is 0.750. The Morgan fingerprint density at radius 3 is 2.53 bits per heavy atom. The van der Waals surface area contributed by atoms with Gasteiger partial charge in [0.2, 0.25) is 0 Å². The molecule has 0 saturated carbocycles. The summed E-state index contributed by atoms with van der Waals surface area (Å²) in [6.45, 7) is -0.388. The first kappa shape index (κ1) is 13.8. The van der Waals surface area contributed by atoms with Crippen molar-refractivity contribution in [1.29, 1.82) is 0 Å². The van der Waals surface area contributed by atoms with Gasteiger partial charge in [0, 0.05) is 6.42 Å². The second-order valence-corrected chi connectivity index (χ2v) is 2.84. The van der Waals surface area contributed by atoms with E-state index in [1.165, 1.54) is 0 Å². The molecule has 7 nitrogen and oxygen atoms in total. The minimum absolute atomic E-state index is 0.0271. The number of carboxylic acid groups (broad SMARTS) is 1. The van der Waals surface area contributed by atoms with Gasteiger partial charge in [-0.2, -0.15) is 0 Å². The molecule has 15 heavy (non-hydrogen) atoms. The van der Waals surface area contributed by atoms with Crippen LogP contribution in [0.5, 0.6) is 0 Å². The summed E-state index contributed by atoms with van der Waals surface area (Å²) in [5.74, 6) is -1.68. The number of nitrogens with zero attached hydrogens (tertiary/aromatic N) is 1. The van der Waals surface area contributed by atoms with Gasteiger partial charge in [0.1, 0.15) is 6.54 Å². The quantitative estimate of drug-likeness (QED) is 0.429. The highest BCUT2D eigenvalue weighted by Gasteiger charge is 2.14. The maximum Gasteiger partial charge on any atom is 0.325 e. The average molecular weight is 220 g/mol. The Balaban J connectivity index is 3.92. The van der Waals surface area contributed by atoms with E-state index >= 15 is 0 Å². The van der Waals surface area contributed by atoms with Crippen LogP contribution < -0.4 is 5.73 Å². The first-order valence-electron chi connectivity index (χ1n) is 4.58. The molecule has 0 unspecified atom stereocenters. The number of carbonyl (C=O) groups is 2. The van der Waals surface area contributed by atoms with Crippen LogP contribution in [0, 0.1) is 0 Å². The Kier molecular flexibility index (Phi) is 7.51. The molecular weight excluding hydrogens is 204 g/mol. The number of nitrogens with two attached hydrogens (primary N) is 1. The van der Waals surface area contributed by atoms with Gasteiger partial charge >= 0.3 is 11.9 Å². The van der Waals surface area contributed by atoms with Crippen LogP contribution in [-0.4, -0.2) is 53.5 Å². The molecule has 0 atom stereocenters. The van der Waals surface area contributed by atoms with Crippen LogP contribution in [0.1, 0.15) is 12.8 Å². The predicted octanol–water partition coefficient (Wildman–Crippen LogP) is -1.44.